The third-order valence-electron chi connectivity index (χ3n) is 8.67. The number of alkyl halides is 2. The van der Waals surface area contributed by atoms with Crippen LogP contribution in [0.2, 0.25) is 0 Å². The molecule has 1 amide bonds. The van der Waals surface area contributed by atoms with Crippen LogP contribution in [-0.2, 0) is 29.0 Å². The average molecular weight is 739 g/mol. The summed E-state index contributed by atoms with van der Waals surface area (Å²) in [5, 5.41) is 2.46. The number of anilines is 1. The third-order valence-corrected chi connectivity index (χ3v) is 9.08. The van der Waals surface area contributed by atoms with E-state index in [9.17, 15) is 19.0 Å². The number of aromatic nitrogens is 4. The maximum absolute atomic E-state index is 16.5. The van der Waals surface area contributed by atoms with Crippen molar-refractivity contribution in [2.24, 2.45) is 5.92 Å². The van der Waals surface area contributed by atoms with Crippen LogP contribution < -0.4 is 20.3 Å². The van der Waals surface area contributed by atoms with E-state index in [0.29, 0.717) is 28.2 Å². The molecule has 3 aromatic carbocycles. The normalized spacial score (nSPS) is 18.8. The standard InChI is InChI=1S/C35H34F2N5O9P/c1-20(2)30(43)40-33-39-29-27(31(44)41-33)38-19-42(29)32-28(51-52(45)46)35(36,37)26(50-32)18-49-34(21-8-6-5-7-9-21,22-10-14-24(47-3)15-11-22)23-12-16-25(48-4)17-13-23/h5-17,19-20,26,28,32H,18H2,1-4H3,(H2-,39,40,41,43,44,45,46)/p+1/t26-,28+,32-/m1/s1. The lowest BCUT2D eigenvalue weighted by Crippen LogP contribution is -2.44. The minimum Gasteiger partial charge on any atom is -0.497 e. The zero-order valence-corrected chi connectivity index (χ0v) is 29.3. The van der Waals surface area contributed by atoms with Gasteiger partial charge in [0.2, 0.25) is 18.0 Å². The first-order valence-electron chi connectivity index (χ1n) is 16.0. The molecule has 3 N–H and O–H groups in total. The number of nitrogens with zero attached hydrogens (tertiary/aromatic N) is 3. The summed E-state index contributed by atoms with van der Waals surface area (Å²) >= 11 is 0. The molecule has 1 aliphatic rings. The molecule has 6 rings (SSSR count). The van der Waals surface area contributed by atoms with E-state index in [-0.39, 0.29) is 17.1 Å². The van der Waals surface area contributed by atoms with Crippen LogP contribution in [0.25, 0.3) is 11.2 Å². The molecule has 2 aromatic heterocycles. The van der Waals surface area contributed by atoms with Gasteiger partial charge in [-0.3, -0.25) is 24.5 Å². The number of hydrogen-bond acceptors (Lipinski definition) is 10. The molecule has 0 aliphatic carbocycles. The number of ether oxygens (including phenoxy) is 4. The maximum Gasteiger partial charge on any atom is 0.695 e. The van der Waals surface area contributed by atoms with E-state index >= 15 is 8.78 Å². The van der Waals surface area contributed by atoms with Crippen molar-refractivity contribution in [2.75, 3.05) is 26.1 Å². The van der Waals surface area contributed by atoms with Crippen molar-refractivity contribution in [2.45, 2.75) is 43.8 Å². The van der Waals surface area contributed by atoms with Crippen LogP contribution in [0.1, 0.15) is 36.8 Å². The minimum atomic E-state index is -3.95. The van der Waals surface area contributed by atoms with Crippen LogP contribution in [-0.4, -0.2) is 69.3 Å². The SMILES string of the molecule is COc1ccc(C(OC[C@H]2O[C@@H](n3cnc4c(=O)[nH]c(NC(=O)C(C)C)nc43)[C@H](O[P+](=O)O)C2(F)F)(c2ccccc2)c2ccc(OC)cc2)cc1. The molecule has 4 atom stereocenters. The second kappa shape index (κ2) is 14.9. The van der Waals surface area contributed by atoms with E-state index in [1.165, 1.54) is 14.2 Å². The molecule has 14 nitrogen and oxygen atoms in total. The summed E-state index contributed by atoms with van der Waals surface area (Å²) in [7, 11) is -0.531. The zero-order valence-electron chi connectivity index (χ0n) is 28.4. The van der Waals surface area contributed by atoms with E-state index in [4.69, 9.17) is 23.5 Å². The number of nitrogens with one attached hydrogen (secondary N) is 2. The van der Waals surface area contributed by atoms with E-state index in [1.807, 2.05) is 0 Å². The number of carbonyl (C=O) groups is 1. The van der Waals surface area contributed by atoms with Gasteiger partial charge >= 0.3 is 14.2 Å². The molecular formula is C35H35F2N5O9P+. The number of H-pyrrole nitrogens is 1. The molecule has 0 spiro atoms. The first-order valence-corrected chi connectivity index (χ1v) is 17.1. The summed E-state index contributed by atoms with van der Waals surface area (Å²) in [6, 6.07) is 22.9. The van der Waals surface area contributed by atoms with Crippen molar-refractivity contribution in [3.05, 3.63) is 112 Å². The molecule has 0 bridgehead atoms. The van der Waals surface area contributed by atoms with Crippen LogP contribution in [0.3, 0.4) is 0 Å². The Bertz CT molecular complexity index is 2060. The fourth-order valence-electron chi connectivity index (χ4n) is 5.99. The van der Waals surface area contributed by atoms with Gasteiger partial charge in [-0.05, 0) is 41.0 Å². The van der Waals surface area contributed by atoms with Crippen LogP contribution in [0.4, 0.5) is 14.7 Å². The monoisotopic (exact) mass is 738 g/mol. The van der Waals surface area contributed by atoms with E-state index in [0.717, 1.165) is 10.9 Å². The topological polar surface area (TPSA) is 176 Å². The van der Waals surface area contributed by atoms with Gasteiger partial charge < -0.3 is 18.9 Å². The fourth-order valence-corrected chi connectivity index (χ4v) is 6.43. The maximum atomic E-state index is 16.5. The second-order valence-electron chi connectivity index (χ2n) is 12.2. The van der Waals surface area contributed by atoms with Crippen LogP contribution in [0.5, 0.6) is 11.5 Å². The van der Waals surface area contributed by atoms with Crippen LogP contribution in [0, 0.1) is 5.92 Å². The summed E-state index contributed by atoms with van der Waals surface area (Å²) in [5.74, 6) is -4.05. The highest BCUT2D eigenvalue weighted by molar-refractivity contribution is 7.32. The smallest absolute Gasteiger partial charge is 0.497 e. The predicted octanol–water partition coefficient (Wildman–Crippen LogP) is 5.31. The van der Waals surface area contributed by atoms with Gasteiger partial charge in [-0.25, -0.2) is 13.8 Å². The lowest BCUT2D eigenvalue weighted by Gasteiger charge is -2.37. The Kier molecular flexibility index (Phi) is 10.5. The summed E-state index contributed by atoms with van der Waals surface area (Å²) in [6.45, 7) is 2.48. The Hall–Kier alpha value is -5.12. The lowest BCUT2D eigenvalue weighted by atomic mass is 9.80. The van der Waals surface area contributed by atoms with Crippen molar-refractivity contribution in [3.8, 4) is 11.5 Å². The van der Waals surface area contributed by atoms with Crippen molar-refractivity contribution in [1.29, 1.82) is 0 Å². The second-order valence-corrected chi connectivity index (χ2v) is 12.8. The van der Waals surface area contributed by atoms with Crippen molar-refractivity contribution in [3.63, 3.8) is 0 Å². The van der Waals surface area contributed by atoms with Gasteiger partial charge in [0.05, 0.1) is 27.2 Å². The lowest BCUT2D eigenvalue weighted by molar-refractivity contribution is -0.143. The van der Waals surface area contributed by atoms with E-state index < -0.39 is 62.2 Å². The van der Waals surface area contributed by atoms with Crippen molar-refractivity contribution >= 4 is 31.3 Å². The highest BCUT2D eigenvalue weighted by Crippen LogP contribution is 2.49. The first-order chi connectivity index (χ1) is 24.9. The van der Waals surface area contributed by atoms with Crippen LogP contribution in [0.15, 0.2) is 90.0 Å². The molecule has 5 aromatic rings. The number of carbonyl (C=O) groups excluding carboxylic acids is 1. The molecule has 1 saturated heterocycles. The highest BCUT2D eigenvalue weighted by Gasteiger charge is 2.64. The third kappa shape index (κ3) is 6.90. The molecule has 1 aliphatic heterocycles. The number of amides is 1. The number of fused-ring (bicyclic) bond motifs is 1. The number of hydrogen-bond donors (Lipinski definition) is 3. The first kappa shape index (κ1) is 36.7. The van der Waals surface area contributed by atoms with E-state index in [1.54, 1.807) is 92.7 Å². The summed E-state index contributed by atoms with van der Waals surface area (Å²) in [5.41, 5.74) is -1.07. The summed E-state index contributed by atoms with van der Waals surface area (Å²) < 4.78 is 74.1. The molecule has 0 saturated carbocycles. The number of aromatic amines is 1. The number of methoxy groups -OCH3 is 2. The quantitative estimate of drug-likeness (QED) is 0.105. The predicted molar refractivity (Wildman–Crippen MR) is 183 cm³/mol. The van der Waals surface area contributed by atoms with Gasteiger partial charge in [0.1, 0.15) is 17.1 Å². The minimum absolute atomic E-state index is 0.248. The Labute approximate surface area is 296 Å². The number of rotatable bonds is 13. The Morgan fingerprint density at radius 3 is 2.13 bits per heavy atom. The molecule has 17 heteroatoms. The van der Waals surface area contributed by atoms with Gasteiger partial charge in [0.15, 0.2) is 23.5 Å². The van der Waals surface area contributed by atoms with Gasteiger partial charge in [-0.1, -0.05) is 68.4 Å². The number of benzene rings is 3. The van der Waals surface area contributed by atoms with Gasteiger partial charge in [-0.2, -0.15) is 4.98 Å². The molecule has 1 fully saturated rings. The zero-order chi connectivity index (χ0) is 37.2. The highest BCUT2D eigenvalue weighted by atomic mass is 31.1. The molecule has 272 valence electrons. The Balaban J connectivity index is 1.43. The number of imidazole rings is 1. The van der Waals surface area contributed by atoms with Crippen molar-refractivity contribution in [1.82, 2.24) is 19.5 Å². The molecular weight excluding hydrogens is 703 g/mol. The van der Waals surface area contributed by atoms with Crippen LogP contribution >= 0.6 is 8.25 Å². The fraction of sp³-hybridized carbons (Fsp3) is 0.314. The van der Waals surface area contributed by atoms with E-state index in [2.05, 4.69) is 20.3 Å². The summed E-state index contributed by atoms with van der Waals surface area (Å²) in [6.07, 6.45) is -5.24. The molecule has 52 heavy (non-hydrogen) atoms. The molecule has 1 unspecified atom stereocenters. The molecule has 0 radical (unpaired) electrons. The Morgan fingerprint density at radius 1 is 1.02 bits per heavy atom. The largest absolute Gasteiger partial charge is 0.695 e. The van der Waals surface area contributed by atoms with Crippen molar-refractivity contribution < 1.29 is 46.5 Å². The Morgan fingerprint density at radius 2 is 1.60 bits per heavy atom. The molecule has 3 heterocycles. The van der Waals surface area contributed by atoms with Gasteiger partial charge in [0.25, 0.3) is 5.56 Å². The van der Waals surface area contributed by atoms with Gasteiger partial charge in [-0.15, -0.1) is 9.42 Å². The number of halogens is 2. The average Bonchev–Trinajstić information content (AvgIpc) is 3.67. The summed E-state index contributed by atoms with van der Waals surface area (Å²) in [4.78, 5) is 45.5. The van der Waals surface area contributed by atoms with Gasteiger partial charge in [0, 0.05) is 10.5 Å².